The highest BCUT2D eigenvalue weighted by Gasteiger charge is 2.34. The first-order valence-corrected chi connectivity index (χ1v) is 15.6. The van der Waals surface area contributed by atoms with Gasteiger partial charge < -0.3 is 0 Å². The molecular weight excluding hydrogens is 528 g/mol. The van der Waals surface area contributed by atoms with Crippen LogP contribution in [0.4, 0.5) is 0 Å². The molecule has 0 fully saturated rings. The van der Waals surface area contributed by atoms with Crippen LogP contribution >= 0.6 is 0 Å². The lowest BCUT2D eigenvalue weighted by Crippen LogP contribution is -2.21. The van der Waals surface area contributed by atoms with Crippen LogP contribution in [0.15, 0.2) is 151 Å². The molecule has 0 N–H and O–H groups in total. The molecule has 0 aromatic heterocycles. The van der Waals surface area contributed by atoms with Crippen LogP contribution in [0.3, 0.4) is 0 Å². The fourth-order valence-corrected chi connectivity index (χ4v) is 8.33. The lowest BCUT2D eigenvalue weighted by molar-refractivity contribution is 0.665. The van der Waals surface area contributed by atoms with Crippen molar-refractivity contribution in [1.82, 2.24) is 0 Å². The van der Waals surface area contributed by atoms with Gasteiger partial charge in [-0.15, -0.1) is 0 Å². The maximum atomic E-state index is 2.42. The standard InChI is InChI=1S/C44H28/c1-2-13-31-30(10-1)26-40(33-15-4-3-14-32(31)33)44-36-18-7-5-16-34(36)43(35-17-6-8-19-37(35)44)39-25-23-29-21-20-27-11-9-12-28-22-24-38(39)42(29)41(27)28/h1-26,28,41H. The highest BCUT2D eigenvalue weighted by atomic mass is 14.4. The Bertz CT molecular complexity index is 2440. The third kappa shape index (κ3) is 3.23. The van der Waals surface area contributed by atoms with Gasteiger partial charge in [0.15, 0.2) is 0 Å². The van der Waals surface area contributed by atoms with Gasteiger partial charge in [0.05, 0.1) is 0 Å². The van der Waals surface area contributed by atoms with Crippen molar-refractivity contribution in [2.75, 3.05) is 0 Å². The minimum Gasteiger partial charge on any atom is -0.0767 e. The van der Waals surface area contributed by atoms with Crippen molar-refractivity contribution in [3.05, 3.63) is 168 Å². The minimum atomic E-state index is 0.390. The van der Waals surface area contributed by atoms with Crippen LogP contribution in [0.5, 0.6) is 0 Å². The van der Waals surface area contributed by atoms with Gasteiger partial charge in [-0.25, -0.2) is 0 Å². The van der Waals surface area contributed by atoms with E-state index in [0.29, 0.717) is 11.8 Å². The third-order valence-corrected chi connectivity index (χ3v) is 10.2. The molecule has 3 aliphatic rings. The second-order valence-electron chi connectivity index (χ2n) is 12.4. The number of allylic oxidation sites excluding steroid dienone is 6. The van der Waals surface area contributed by atoms with Gasteiger partial charge in [0, 0.05) is 11.8 Å². The largest absolute Gasteiger partial charge is 0.0767 e. The smallest absolute Gasteiger partial charge is 0.0199 e. The zero-order valence-electron chi connectivity index (χ0n) is 24.2. The molecule has 7 aromatic rings. The summed E-state index contributed by atoms with van der Waals surface area (Å²) < 4.78 is 0. The Balaban J connectivity index is 1.34. The highest BCUT2D eigenvalue weighted by Crippen LogP contribution is 2.52. The van der Waals surface area contributed by atoms with Gasteiger partial charge in [-0.05, 0) is 93.7 Å². The summed E-state index contributed by atoms with van der Waals surface area (Å²) in [5, 5.41) is 10.4. The molecule has 204 valence electrons. The van der Waals surface area contributed by atoms with Crippen molar-refractivity contribution in [2.45, 2.75) is 5.92 Å². The first-order valence-electron chi connectivity index (χ1n) is 15.6. The van der Waals surface area contributed by atoms with Crippen molar-refractivity contribution in [2.24, 2.45) is 5.92 Å². The van der Waals surface area contributed by atoms with E-state index in [-0.39, 0.29) is 0 Å². The zero-order valence-corrected chi connectivity index (χ0v) is 24.2. The Labute approximate surface area is 256 Å². The summed E-state index contributed by atoms with van der Waals surface area (Å²) in [4.78, 5) is 0. The summed E-state index contributed by atoms with van der Waals surface area (Å²) in [5.41, 5.74) is 10.9. The lowest BCUT2D eigenvalue weighted by atomic mass is 9.67. The number of hydrogen-bond donors (Lipinski definition) is 0. The molecule has 0 aliphatic heterocycles. The van der Waals surface area contributed by atoms with Crippen LogP contribution in [-0.2, 0) is 0 Å². The Morgan fingerprint density at radius 1 is 0.455 bits per heavy atom. The van der Waals surface area contributed by atoms with Crippen LogP contribution in [0.2, 0.25) is 0 Å². The van der Waals surface area contributed by atoms with Crippen molar-refractivity contribution in [3.63, 3.8) is 0 Å². The van der Waals surface area contributed by atoms with E-state index in [0.717, 1.165) is 0 Å². The van der Waals surface area contributed by atoms with Crippen LogP contribution < -0.4 is 0 Å². The summed E-state index contributed by atoms with van der Waals surface area (Å²) >= 11 is 0. The molecule has 0 heteroatoms. The molecule has 0 bridgehead atoms. The third-order valence-electron chi connectivity index (χ3n) is 10.2. The highest BCUT2D eigenvalue weighted by molar-refractivity contribution is 6.26. The molecule has 44 heavy (non-hydrogen) atoms. The van der Waals surface area contributed by atoms with Crippen molar-refractivity contribution < 1.29 is 0 Å². The van der Waals surface area contributed by atoms with Crippen molar-refractivity contribution in [3.8, 4) is 22.3 Å². The fourth-order valence-electron chi connectivity index (χ4n) is 8.33. The van der Waals surface area contributed by atoms with E-state index >= 15 is 0 Å². The first kappa shape index (κ1) is 24.0. The molecular formula is C44H28. The zero-order chi connectivity index (χ0) is 28.8. The number of hydrogen-bond acceptors (Lipinski definition) is 0. The Morgan fingerprint density at radius 3 is 1.80 bits per heavy atom. The van der Waals surface area contributed by atoms with Crippen LogP contribution in [-0.4, -0.2) is 0 Å². The molecule has 0 nitrogen and oxygen atoms in total. The predicted octanol–water partition coefficient (Wildman–Crippen LogP) is 11.9. The molecule has 0 heterocycles. The van der Waals surface area contributed by atoms with Gasteiger partial charge in [-0.1, -0.05) is 152 Å². The van der Waals surface area contributed by atoms with E-state index in [2.05, 4.69) is 158 Å². The number of fused-ring (bicyclic) bond motifs is 5. The van der Waals surface area contributed by atoms with Gasteiger partial charge in [0.25, 0.3) is 0 Å². The van der Waals surface area contributed by atoms with E-state index in [1.54, 1.807) is 0 Å². The SMILES string of the molecule is C1=CC2C=Cc3c(-c4c5ccccc5c(-c5cc6ccccc6c6ccccc56)c5ccccc45)ccc4c3C2C(=C1)C=C4. The molecule has 0 saturated heterocycles. The van der Waals surface area contributed by atoms with Crippen LogP contribution in [0.1, 0.15) is 22.6 Å². The molecule has 2 atom stereocenters. The molecule has 2 unspecified atom stereocenters. The van der Waals surface area contributed by atoms with Gasteiger partial charge >= 0.3 is 0 Å². The first-order chi connectivity index (χ1) is 21.8. The second kappa shape index (κ2) is 9.02. The van der Waals surface area contributed by atoms with Crippen LogP contribution in [0, 0.1) is 5.92 Å². The maximum Gasteiger partial charge on any atom is 0.0199 e. The summed E-state index contributed by atoms with van der Waals surface area (Å²) in [5.74, 6) is 0.805. The molecule has 7 aromatic carbocycles. The van der Waals surface area contributed by atoms with E-state index in [9.17, 15) is 0 Å². The van der Waals surface area contributed by atoms with Gasteiger partial charge in [0.2, 0.25) is 0 Å². The fraction of sp³-hybridized carbons (Fsp3) is 0.0455. The summed E-state index contributed by atoms with van der Waals surface area (Å²) in [6, 6.07) is 43.0. The van der Waals surface area contributed by atoms with Gasteiger partial charge in [-0.3, -0.25) is 0 Å². The second-order valence-corrected chi connectivity index (χ2v) is 12.4. The van der Waals surface area contributed by atoms with Crippen molar-refractivity contribution >= 4 is 55.2 Å². The van der Waals surface area contributed by atoms with Crippen molar-refractivity contribution in [1.29, 1.82) is 0 Å². The van der Waals surface area contributed by atoms with Gasteiger partial charge in [0.1, 0.15) is 0 Å². The summed E-state index contributed by atoms with van der Waals surface area (Å²) in [6.07, 6.45) is 16.3. The molecule has 10 rings (SSSR count). The average Bonchev–Trinajstić information content (AvgIpc) is 3.09. The van der Waals surface area contributed by atoms with Crippen LogP contribution in [0.25, 0.3) is 77.5 Å². The van der Waals surface area contributed by atoms with E-state index < -0.39 is 0 Å². The summed E-state index contributed by atoms with van der Waals surface area (Å²) in [7, 11) is 0. The van der Waals surface area contributed by atoms with E-state index in [1.165, 1.54) is 87.6 Å². The Hall–Kier alpha value is -5.46. The number of rotatable bonds is 2. The topological polar surface area (TPSA) is 0 Å². The summed E-state index contributed by atoms with van der Waals surface area (Å²) in [6.45, 7) is 0. The molecule has 0 spiro atoms. The maximum absolute atomic E-state index is 2.42. The Kier molecular flexibility index (Phi) is 4.93. The quantitative estimate of drug-likeness (QED) is 0.147. The Morgan fingerprint density at radius 2 is 1.07 bits per heavy atom. The predicted molar refractivity (Wildman–Crippen MR) is 189 cm³/mol. The molecule has 0 amide bonds. The normalized spacial score (nSPS) is 17.9. The average molecular weight is 557 g/mol. The van der Waals surface area contributed by atoms with E-state index in [1.807, 2.05) is 0 Å². The lowest BCUT2D eigenvalue weighted by Gasteiger charge is -2.36. The minimum absolute atomic E-state index is 0.390. The monoisotopic (exact) mass is 556 g/mol. The molecule has 0 saturated carbocycles. The van der Waals surface area contributed by atoms with Gasteiger partial charge in [-0.2, -0.15) is 0 Å². The molecule has 3 aliphatic carbocycles. The number of benzene rings is 7. The molecule has 0 radical (unpaired) electrons. The van der Waals surface area contributed by atoms with E-state index in [4.69, 9.17) is 0 Å².